The number of carbonyl (C=O) groups excluding carboxylic acids is 1. The lowest BCUT2D eigenvalue weighted by Crippen LogP contribution is -2.48. The van der Waals surface area contributed by atoms with Crippen LogP contribution in [0.4, 0.5) is 0 Å². The van der Waals surface area contributed by atoms with E-state index in [1.54, 1.807) is 0 Å². The Kier molecular flexibility index (Phi) is 2.62. The van der Waals surface area contributed by atoms with Crippen molar-refractivity contribution < 1.29 is 9.22 Å². The fourth-order valence-corrected chi connectivity index (χ4v) is 2.80. The van der Waals surface area contributed by atoms with Crippen molar-refractivity contribution in [3.8, 4) is 0 Å². The molecule has 2 aliphatic heterocycles. The SMILES string of the molecule is C[Si](C)(C)OC(=O)C1C=CN2CCC2C1. The van der Waals surface area contributed by atoms with Gasteiger partial charge in [-0.25, -0.2) is 0 Å². The molecule has 0 bridgehead atoms. The molecule has 0 N–H and O–H groups in total. The highest BCUT2D eigenvalue weighted by Crippen LogP contribution is 2.30. The van der Waals surface area contributed by atoms with E-state index in [1.807, 2.05) is 25.7 Å². The zero-order valence-electron chi connectivity index (χ0n) is 9.69. The summed E-state index contributed by atoms with van der Waals surface area (Å²) in [6.07, 6.45) is 6.23. The molecule has 0 spiro atoms. The standard InChI is InChI=1S/C11H19NO2Si/c1-15(2,3)14-11(13)9-4-6-12-7-5-10(12)8-9/h4,6,9-10H,5,7-8H2,1-3H3. The second kappa shape index (κ2) is 3.67. The smallest absolute Gasteiger partial charge is 0.299 e. The van der Waals surface area contributed by atoms with Crippen LogP contribution in [0.2, 0.25) is 19.6 Å². The maximum atomic E-state index is 11.8. The van der Waals surface area contributed by atoms with Crippen molar-refractivity contribution in [2.24, 2.45) is 5.92 Å². The van der Waals surface area contributed by atoms with Crippen LogP contribution in [0.5, 0.6) is 0 Å². The fraction of sp³-hybridized carbons (Fsp3) is 0.727. The molecule has 3 nitrogen and oxygen atoms in total. The molecule has 0 aromatic heterocycles. The van der Waals surface area contributed by atoms with Gasteiger partial charge in [0.25, 0.3) is 5.97 Å². The van der Waals surface area contributed by atoms with Crippen molar-refractivity contribution in [1.29, 1.82) is 0 Å². The third kappa shape index (κ3) is 2.42. The lowest BCUT2D eigenvalue weighted by Gasteiger charge is -2.44. The predicted octanol–water partition coefficient (Wildman–Crippen LogP) is 1.97. The van der Waals surface area contributed by atoms with Crippen LogP contribution in [-0.4, -0.2) is 31.8 Å². The number of nitrogens with zero attached hydrogens (tertiary/aromatic N) is 1. The van der Waals surface area contributed by atoms with Crippen LogP contribution < -0.4 is 0 Å². The van der Waals surface area contributed by atoms with Gasteiger partial charge < -0.3 is 9.33 Å². The molecule has 2 aliphatic rings. The van der Waals surface area contributed by atoms with Crippen molar-refractivity contribution in [2.45, 2.75) is 38.5 Å². The van der Waals surface area contributed by atoms with E-state index >= 15 is 0 Å². The summed E-state index contributed by atoms with van der Waals surface area (Å²) in [5.74, 6) is -0.0183. The largest absolute Gasteiger partial charge is 0.519 e. The Morgan fingerprint density at radius 1 is 1.47 bits per heavy atom. The second-order valence-electron chi connectivity index (χ2n) is 5.40. The van der Waals surface area contributed by atoms with Crippen LogP contribution in [0, 0.1) is 5.92 Å². The van der Waals surface area contributed by atoms with Crippen LogP contribution in [0.3, 0.4) is 0 Å². The van der Waals surface area contributed by atoms with Gasteiger partial charge in [-0.15, -0.1) is 0 Å². The van der Waals surface area contributed by atoms with Crippen molar-refractivity contribution in [3.63, 3.8) is 0 Å². The van der Waals surface area contributed by atoms with Crippen molar-refractivity contribution in [1.82, 2.24) is 4.90 Å². The van der Waals surface area contributed by atoms with Crippen LogP contribution in [-0.2, 0) is 9.22 Å². The highest BCUT2D eigenvalue weighted by atomic mass is 28.4. The van der Waals surface area contributed by atoms with Crippen molar-refractivity contribution in [3.05, 3.63) is 12.3 Å². The van der Waals surface area contributed by atoms with Gasteiger partial charge >= 0.3 is 0 Å². The molecule has 0 aromatic carbocycles. The zero-order chi connectivity index (χ0) is 11.1. The molecule has 2 rings (SSSR count). The zero-order valence-corrected chi connectivity index (χ0v) is 10.7. The summed E-state index contributed by atoms with van der Waals surface area (Å²) in [5.41, 5.74) is 0. The Morgan fingerprint density at radius 3 is 2.67 bits per heavy atom. The van der Waals surface area contributed by atoms with E-state index in [-0.39, 0.29) is 11.9 Å². The van der Waals surface area contributed by atoms with E-state index in [4.69, 9.17) is 4.43 Å². The average molecular weight is 225 g/mol. The third-order valence-corrected chi connectivity index (χ3v) is 3.75. The monoisotopic (exact) mass is 225 g/mol. The van der Waals surface area contributed by atoms with Gasteiger partial charge in [0, 0.05) is 12.6 Å². The van der Waals surface area contributed by atoms with E-state index in [0.29, 0.717) is 6.04 Å². The normalized spacial score (nSPS) is 29.4. The number of fused-ring (bicyclic) bond motifs is 1. The first-order valence-electron chi connectivity index (χ1n) is 5.63. The fourth-order valence-electron chi connectivity index (χ4n) is 2.05. The van der Waals surface area contributed by atoms with E-state index < -0.39 is 8.32 Å². The topological polar surface area (TPSA) is 29.5 Å². The molecule has 0 aliphatic carbocycles. The summed E-state index contributed by atoms with van der Waals surface area (Å²) < 4.78 is 5.52. The molecule has 1 saturated heterocycles. The van der Waals surface area contributed by atoms with E-state index in [1.165, 1.54) is 6.42 Å². The third-order valence-electron chi connectivity index (χ3n) is 2.93. The van der Waals surface area contributed by atoms with Crippen molar-refractivity contribution in [2.75, 3.05) is 6.54 Å². The van der Waals surface area contributed by atoms with Crippen LogP contribution >= 0.6 is 0 Å². The Bertz CT molecular complexity index is 295. The highest BCUT2D eigenvalue weighted by Gasteiger charge is 2.35. The molecule has 0 aromatic rings. The summed E-state index contributed by atoms with van der Waals surface area (Å²) >= 11 is 0. The molecule has 4 heteroatoms. The summed E-state index contributed by atoms with van der Waals surface area (Å²) in [4.78, 5) is 14.1. The summed E-state index contributed by atoms with van der Waals surface area (Å²) in [6.45, 7) is 7.30. The van der Waals surface area contributed by atoms with Gasteiger partial charge in [0.2, 0.25) is 8.32 Å². The first kappa shape index (κ1) is 10.7. The van der Waals surface area contributed by atoms with Crippen LogP contribution in [0.25, 0.3) is 0 Å². The Labute approximate surface area is 92.2 Å². The molecular formula is C11H19NO2Si. The quantitative estimate of drug-likeness (QED) is 0.673. The first-order valence-corrected chi connectivity index (χ1v) is 9.03. The molecule has 0 radical (unpaired) electrons. The summed E-state index contributed by atoms with van der Waals surface area (Å²) in [7, 11) is -1.72. The molecule has 0 amide bonds. The first-order chi connectivity index (χ1) is 6.96. The maximum Gasteiger partial charge on any atom is 0.299 e. The minimum Gasteiger partial charge on any atom is -0.519 e. The molecule has 15 heavy (non-hydrogen) atoms. The summed E-state index contributed by atoms with van der Waals surface area (Å²) in [6, 6.07) is 0.592. The van der Waals surface area contributed by atoms with Crippen molar-refractivity contribution >= 4 is 14.3 Å². The molecule has 1 fully saturated rings. The molecule has 84 valence electrons. The van der Waals surface area contributed by atoms with Gasteiger partial charge in [-0.3, -0.25) is 4.79 Å². The average Bonchev–Trinajstić information content (AvgIpc) is 2.04. The van der Waals surface area contributed by atoms with E-state index in [2.05, 4.69) is 11.1 Å². The summed E-state index contributed by atoms with van der Waals surface area (Å²) in [5, 5.41) is 0. The van der Waals surface area contributed by atoms with E-state index in [0.717, 1.165) is 13.0 Å². The van der Waals surface area contributed by atoms with Gasteiger partial charge in [-0.1, -0.05) is 6.08 Å². The maximum absolute atomic E-state index is 11.8. The van der Waals surface area contributed by atoms with Crippen LogP contribution in [0.1, 0.15) is 12.8 Å². The molecule has 2 unspecified atom stereocenters. The minimum absolute atomic E-state index is 0.00160. The van der Waals surface area contributed by atoms with E-state index in [9.17, 15) is 4.79 Å². The Morgan fingerprint density at radius 2 is 2.20 bits per heavy atom. The molecular weight excluding hydrogens is 206 g/mol. The molecule has 2 atom stereocenters. The lowest BCUT2D eigenvalue weighted by atomic mass is 9.88. The lowest BCUT2D eigenvalue weighted by molar-refractivity contribution is -0.139. The van der Waals surface area contributed by atoms with Gasteiger partial charge in [0.15, 0.2) is 0 Å². The number of hydrogen-bond acceptors (Lipinski definition) is 3. The number of hydrogen-bond donors (Lipinski definition) is 0. The highest BCUT2D eigenvalue weighted by molar-refractivity contribution is 6.71. The molecule has 2 heterocycles. The molecule has 0 saturated carbocycles. The van der Waals surface area contributed by atoms with Gasteiger partial charge in [-0.05, 0) is 38.7 Å². The van der Waals surface area contributed by atoms with Gasteiger partial charge in [0.1, 0.15) is 0 Å². The number of rotatable bonds is 2. The van der Waals surface area contributed by atoms with Crippen LogP contribution in [0.15, 0.2) is 12.3 Å². The Balaban J connectivity index is 1.94. The number of carbonyl (C=O) groups is 1. The predicted molar refractivity (Wildman–Crippen MR) is 61.8 cm³/mol. The Hall–Kier alpha value is -0.773. The minimum atomic E-state index is -1.72. The van der Waals surface area contributed by atoms with Gasteiger partial charge in [-0.2, -0.15) is 0 Å². The van der Waals surface area contributed by atoms with Gasteiger partial charge in [0.05, 0.1) is 5.92 Å². The second-order valence-corrected chi connectivity index (χ2v) is 9.83.